The molecule has 0 atom stereocenters. The lowest BCUT2D eigenvalue weighted by Gasteiger charge is -2.50. The minimum atomic E-state index is -1.74. The summed E-state index contributed by atoms with van der Waals surface area (Å²) in [4.78, 5) is 0. The monoisotopic (exact) mass is 384 g/mol. The highest BCUT2D eigenvalue weighted by Crippen LogP contribution is 2.75. The van der Waals surface area contributed by atoms with Crippen LogP contribution in [0.4, 0.5) is 0 Å². The molecule has 1 nitrogen and oxygen atoms in total. The first kappa shape index (κ1) is 22.2. The highest BCUT2D eigenvalue weighted by molar-refractivity contribution is 8.07. The van der Waals surface area contributed by atoms with Crippen LogP contribution in [0.25, 0.3) is 0 Å². The molecule has 1 rings (SSSR count). The van der Waals surface area contributed by atoms with Gasteiger partial charge in [0.05, 0.1) is 0 Å². The summed E-state index contributed by atoms with van der Waals surface area (Å²) in [6.07, 6.45) is 0. The van der Waals surface area contributed by atoms with Gasteiger partial charge in [0.25, 0.3) is 0 Å². The molecule has 24 heavy (non-hydrogen) atoms. The predicted molar refractivity (Wildman–Crippen MR) is 118 cm³/mol. The van der Waals surface area contributed by atoms with E-state index in [0.29, 0.717) is 0 Å². The summed E-state index contributed by atoms with van der Waals surface area (Å²) < 4.78 is 7.14. The number of hydrogen-bond acceptors (Lipinski definition) is 1. The Kier molecular flexibility index (Phi) is 6.50. The molecule has 1 aromatic carbocycles. The Balaban J connectivity index is 3.90. The Morgan fingerprint density at radius 1 is 0.833 bits per heavy atom. The fourth-order valence-corrected chi connectivity index (χ4v) is 18.5. The first-order chi connectivity index (χ1) is 10.5. The number of aryl methyl sites for hydroxylation is 3. The molecule has 4 heteroatoms. The van der Waals surface area contributed by atoms with E-state index in [-0.39, 0.29) is 10.3 Å². The van der Waals surface area contributed by atoms with Crippen molar-refractivity contribution in [1.29, 1.82) is 0 Å². The van der Waals surface area contributed by atoms with Crippen LogP contribution in [-0.4, -0.2) is 18.6 Å². The van der Waals surface area contributed by atoms with Crippen molar-refractivity contribution in [3.05, 3.63) is 28.8 Å². The molecule has 0 saturated carbocycles. The van der Waals surface area contributed by atoms with Gasteiger partial charge in [0.2, 0.25) is 0 Å². The molecule has 0 aromatic heterocycles. The maximum Gasteiger partial charge on any atom is 0.189 e. The van der Waals surface area contributed by atoms with Gasteiger partial charge in [-0.3, -0.25) is 0 Å². The smallest absolute Gasteiger partial charge is 0.189 e. The highest BCUT2D eigenvalue weighted by atomic mass is 31.8. The van der Waals surface area contributed by atoms with Crippen molar-refractivity contribution in [2.75, 3.05) is 0 Å². The Morgan fingerprint density at radius 3 is 1.50 bits per heavy atom. The molecule has 0 N–H and O–H groups in total. The standard InChI is InChI=1S/C20H38OP2Si/c1-15-13-16(2)18(17(3)14-15)22-23(19(4,5)6,20(7,8)9)21-24(10,11)12/h13-14H,1-12H3. The molecule has 0 radical (unpaired) electrons. The van der Waals surface area contributed by atoms with E-state index in [1.54, 1.807) is 0 Å². The number of rotatable bonds is 3. The van der Waals surface area contributed by atoms with Crippen molar-refractivity contribution < 1.29 is 4.21 Å². The lowest BCUT2D eigenvalue weighted by atomic mass is 10.1. The molecule has 0 spiro atoms. The maximum absolute atomic E-state index is 7.14. The fourth-order valence-electron chi connectivity index (χ4n) is 3.47. The van der Waals surface area contributed by atoms with Crippen LogP contribution >= 0.6 is 14.6 Å². The molecule has 0 fully saturated rings. The average molecular weight is 385 g/mol. The lowest BCUT2D eigenvalue weighted by molar-refractivity contribution is 0.529. The van der Waals surface area contributed by atoms with Gasteiger partial charge in [-0.1, -0.05) is 59.2 Å². The SMILES string of the molecule is Cc1cc(C)c(P=P(O[Si](C)(C)C)(C(C)(C)C)C(C)(C)C)c(C)c1. The van der Waals surface area contributed by atoms with Crippen LogP contribution in [0.5, 0.6) is 0 Å². The van der Waals surface area contributed by atoms with Crippen molar-refractivity contribution in [3.63, 3.8) is 0 Å². The van der Waals surface area contributed by atoms with Gasteiger partial charge in [-0.05, 0) is 59.4 Å². The minimum absolute atomic E-state index is 0.150. The van der Waals surface area contributed by atoms with E-state index in [0.717, 1.165) is 0 Å². The highest BCUT2D eigenvalue weighted by Gasteiger charge is 2.45. The van der Waals surface area contributed by atoms with Crippen LogP contribution in [-0.2, 0) is 4.21 Å². The summed E-state index contributed by atoms with van der Waals surface area (Å²) in [6.45, 7) is 26.3. The molecule has 0 heterocycles. The van der Waals surface area contributed by atoms with Gasteiger partial charge in [0, 0.05) is 22.4 Å². The van der Waals surface area contributed by atoms with Crippen molar-refractivity contribution in [1.82, 2.24) is 0 Å². The van der Waals surface area contributed by atoms with Crippen molar-refractivity contribution in [2.45, 2.75) is 92.3 Å². The van der Waals surface area contributed by atoms with E-state index in [4.69, 9.17) is 4.21 Å². The van der Waals surface area contributed by atoms with E-state index in [1.165, 1.54) is 29.9 Å². The summed E-state index contributed by atoms with van der Waals surface area (Å²) in [5.41, 5.74) is 4.17. The molecule has 0 aliphatic carbocycles. The zero-order valence-electron chi connectivity index (χ0n) is 18.0. The molecular weight excluding hydrogens is 346 g/mol. The average Bonchev–Trinajstić information content (AvgIpc) is 2.27. The van der Waals surface area contributed by atoms with Crippen LogP contribution in [0.15, 0.2) is 12.1 Å². The first-order valence-corrected chi connectivity index (χ1v) is 15.6. The largest absolute Gasteiger partial charge is 0.393 e. The van der Waals surface area contributed by atoms with Gasteiger partial charge in [-0.25, -0.2) is 0 Å². The van der Waals surface area contributed by atoms with E-state index in [1.807, 2.05) is 0 Å². The lowest BCUT2D eigenvalue weighted by Crippen LogP contribution is -2.36. The minimum Gasteiger partial charge on any atom is -0.393 e. The van der Waals surface area contributed by atoms with Gasteiger partial charge in [-0.15, -0.1) is 0 Å². The van der Waals surface area contributed by atoms with Gasteiger partial charge in [0.1, 0.15) is 0 Å². The fraction of sp³-hybridized carbons (Fsp3) is 0.700. The van der Waals surface area contributed by atoms with E-state index >= 15 is 0 Å². The third-order valence-electron chi connectivity index (χ3n) is 4.10. The predicted octanol–water partition coefficient (Wildman–Crippen LogP) is 7.48. The molecule has 0 saturated heterocycles. The maximum atomic E-state index is 7.14. The molecule has 0 unspecified atom stereocenters. The Labute approximate surface area is 153 Å². The second-order valence-electron chi connectivity index (χ2n) is 9.97. The van der Waals surface area contributed by atoms with Crippen LogP contribution in [0.1, 0.15) is 58.2 Å². The van der Waals surface area contributed by atoms with E-state index in [9.17, 15) is 0 Å². The van der Waals surface area contributed by atoms with Crippen LogP contribution in [0.2, 0.25) is 19.6 Å². The molecule has 0 aliphatic rings. The normalized spacial score (nSPS) is 14.3. The Hall–Kier alpha value is 0.127. The van der Waals surface area contributed by atoms with E-state index < -0.39 is 15.1 Å². The van der Waals surface area contributed by atoms with Crippen LogP contribution in [0.3, 0.4) is 0 Å². The second kappa shape index (κ2) is 7.03. The summed E-state index contributed by atoms with van der Waals surface area (Å²) in [7, 11) is -0.258. The second-order valence-corrected chi connectivity index (χ2v) is 21.7. The van der Waals surface area contributed by atoms with Gasteiger partial charge in [-0.2, -0.15) is 0 Å². The quantitative estimate of drug-likeness (QED) is 0.388. The zero-order chi connectivity index (χ0) is 19.1. The first-order valence-electron chi connectivity index (χ1n) is 8.91. The zero-order valence-corrected chi connectivity index (χ0v) is 20.7. The van der Waals surface area contributed by atoms with Crippen LogP contribution in [0, 0.1) is 20.8 Å². The molecule has 1 aromatic rings. The van der Waals surface area contributed by atoms with Gasteiger partial charge in [0.15, 0.2) is 8.32 Å². The van der Waals surface area contributed by atoms with Crippen molar-refractivity contribution in [2.24, 2.45) is 0 Å². The Bertz CT molecular complexity index is 615. The summed E-state index contributed by atoms with van der Waals surface area (Å²) in [6, 6.07) is 4.65. The molecule has 138 valence electrons. The summed E-state index contributed by atoms with van der Waals surface area (Å²) in [5.74, 6) is 0. The number of benzene rings is 1. The van der Waals surface area contributed by atoms with Gasteiger partial charge >= 0.3 is 0 Å². The molecule has 0 bridgehead atoms. The third kappa shape index (κ3) is 4.85. The van der Waals surface area contributed by atoms with Crippen molar-refractivity contribution >= 4 is 28.3 Å². The molecular formula is C20H38OP2Si. The third-order valence-corrected chi connectivity index (χ3v) is 18.0. The van der Waals surface area contributed by atoms with Crippen LogP contribution < -0.4 is 5.30 Å². The number of hydrogen-bond donors (Lipinski definition) is 0. The summed E-state index contributed by atoms with van der Waals surface area (Å²) >= 11 is 0. The summed E-state index contributed by atoms with van der Waals surface area (Å²) in [5, 5.41) is 1.78. The van der Waals surface area contributed by atoms with Crippen molar-refractivity contribution in [3.8, 4) is 0 Å². The van der Waals surface area contributed by atoms with E-state index in [2.05, 4.69) is 94.1 Å². The molecule has 0 aliphatic heterocycles. The topological polar surface area (TPSA) is 9.23 Å². The Morgan fingerprint density at radius 2 is 1.21 bits per heavy atom. The van der Waals surface area contributed by atoms with Gasteiger partial charge < -0.3 is 4.21 Å². The molecule has 0 amide bonds.